The fourth-order valence-corrected chi connectivity index (χ4v) is 5.58. The first kappa shape index (κ1) is 29.8. The van der Waals surface area contributed by atoms with Gasteiger partial charge in [0, 0.05) is 0 Å². The van der Waals surface area contributed by atoms with Crippen LogP contribution in [0.2, 0.25) is 0 Å². The summed E-state index contributed by atoms with van der Waals surface area (Å²) in [4.78, 5) is 9.16. The van der Waals surface area contributed by atoms with Gasteiger partial charge in [0.2, 0.25) is 0 Å². The topological polar surface area (TPSA) is 88.5 Å². The van der Waals surface area contributed by atoms with E-state index in [4.69, 9.17) is 0 Å². The van der Waals surface area contributed by atoms with E-state index in [1.165, 1.54) is 11.1 Å². The van der Waals surface area contributed by atoms with Crippen LogP contribution < -0.4 is 19.3 Å². The number of hydrogen-bond acceptors (Lipinski definition) is 4. The summed E-state index contributed by atoms with van der Waals surface area (Å²) in [6, 6.07) is 8.59. The van der Waals surface area contributed by atoms with Gasteiger partial charge in [0.25, 0.3) is 11.6 Å². The van der Waals surface area contributed by atoms with Crippen molar-refractivity contribution in [2.45, 2.75) is 73.9 Å². The summed E-state index contributed by atoms with van der Waals surface area (Å²) in [6.45, 7) is 13.7. The molecule has 41 heavy (non-hydrogen) atoms. The average molecular weight is 555 g/mol. The highest BCUT2D eigenvalue weighted by atomic mass is 16.3. The van der Waals surface area contributed by atoms with Crippen molar-refractivity contribution >= 4 is 23.2 Å². The number of aryl methyl sites for hydroxylation is 8. The van der Waals surface area contributed by atoms with Gasteiger partial charge in [-0.05, 0) is 80.3 Å². The number of aromatic nitrogens is 4. The summed E-state index contributed by atoms with van der Waals surface area (Å²) >= 11 is 0. The van der Waals surface area contributed by atoms with Crippen molar-refractivity contribution in [1.29, 1.82) is 0 Å². The van der Waals surface area contributed by atoms with Crippen molar-refractivity contribution in [2.24, 2.45) is 24.1 Å². The van der Waals surface area contributed by atoms with Crippen LogP contribution in [0.4, 0.5) is 11.4 Å². The molecule has 4 rings (SSSR count). The molecule has 8 heteroatoms. The summed E-state index contributed by atoms with van der Waals surface area (Å²) < 4.78 is 7.48. The van der Waals surface area contributed by atoms with Gasteiger partial charge in [-0.15, -0.1) is 0 Å². The molecule has 0 amide bonds. The first-order chi connectivity index (χ1) is 19.6. The second kappa shape index (κ2) is 12.5. The minimum Gasteiger partial charge on any atom is -0.853 e. The lowest BCUT2D eigenvalue weighted by Gasteiger charge is -2.16. The highest BCUT2D eigenvalue weighted by molar-refractivity contribution is 5.89. The predicted octanol–water partition coefficient (Wildman–Crippen LogP) is 3.19. The molecule has 0 aliphatic rings. The Morgan fingerprint density at radius 3 is 1.41 bits per heavy atom. The van der Waals surface area contributed by atoms with E-state index in [9.17, 15) is 10.2 Å². The van der Waals surface area contributed by atoms with E-state index >= 15 is 0 Å². The molecule has 0 aliphatic carbocycles. The Kier molecular flexibility index (Phi) is 9.11. The first-order valence-electron chi connectivity index (χ1n) is 14.5. The Hall–Kier alpha value is -4.20. The fraction of sp³-hybridized carbons (Fsp3) is 0.394. The zero-order valence-corrected chi connectivity index (χ0v) is 25.7. The molecule has 0 unspecified atom stereocenters. The van der Waals surface area contributed by atoms with Gasteiger partial charge in [-0.2, -0.15) is 0 Å². The lowest BCUT2D eigenvalue weighted by atomic mass is 9.94. The van der Waals surface area contributed by atoms with E-state index in [1.54, 1.807) is 0 Å². The van der Waals surface area contributed by atoms with Gasteiger partial charge in [0.05, 0.1) is 50.4 Å². The zero-order valence-electron chi connectivity index (χ0n) is 25.7. The number of rotatable bonds is 10. The standard InChI is InChI=1S/C33H42N6O2/c1-9-26-20-24(17-22(5)28(26)34-30(40)32-36(7)13-15-38(32)11-3)19-25-18-23(6)29(27(10-2)21-25)35-31(41)33-37(8)14-16-39(33)12-4/h13-18,20-21H,9-12,19H2,1-8H3. The molecule has 2 aromatic carbocycles. The van der Waals surface area contributed by atoms with E-state index in [2.05, 4.69) is 48.1 Å². The highest BCUT2D eigenvalue weighted by Gasteiger charge is 2.17. The minimum absolute atomic E-state index is 0.234. The third kappa shape index (κ3) is 6.11. The summed E-state index contributed by atoms with van der Waals surface area (Å²) in [5.41, 5.74) is 7.94. The minimum atomic E-state index is -0.234. The van der Waals surface area contributed by atoms with E-state index in [0.29, 0.717) is 24.7 Å². The fourth-order valence-electron chi connectivity index (χ4n) is 5.58. The normalized spacial score (nSPS) is 12.4. The maximum Gasteiger partial charge on any atom is 0.292 e. The van der Waals surface area contributed by atoms with Crippen molar-refractivity contribution in [2.75, 3.05) is 0 Å². The monoisotopic (exact) mass is 554 g/mol. The molecule has 0 bridgehead atoms. The Bertz CT molecular complexity index is 1500. The van der Waals surface area contributed by atoms with Gasteiger partial charge in [0.15, 0.2) is 0 Å². The number of hydrogen-bond donors (Lipinski definition) is 0. The second-order valence-corrected chi connectivity index (χ2v) is 10.6. The van der Waals surface area contributed by atoms with Gasteiger partial charge < -0.3 is 10.2 Å². The van der Waals surface area contributed by atoms with Crippen molar-refractivity contribution in [3.8, 4) is 0 Å². The van der Waals surface area contributed by atoms with Gasteiger partial charge in [-0.25, -0.2) is 18.3 Å². The molecular weight excluding hydrogens is 512 g/mol. The summed E-state index contributed by atoms with van der Waals surface area (Å²) in [5.74, 6) is 0.672. The number of aliphatic imine (C=N–C) groups is 2. The van der Waals surface area contributed by atoms with Gasteiger partial charge in [0.1, 0.15) is 24.8 Å². The number of nitrogens with zero attached hydrogens (tertiary/aromatic N) is 6. The molecule has 0 aliphatic heterocycles. The van der Waals surface area contributed by atoms with Crippen LogP contribution in [0, 0.1) is 13.8 Å². The molecule has 0 saturated carbocycles. The molecule has 2 heterocycles. The van der Waals surface area contributed by atoms with E-state index < -0.39 is 0 Å². The van der Waals surface area contributed by atoms with Crippen LogP contribution in [-0.2, 0) is 46.4 Å². The number of benzene rings is 2. The maximum absolute atomic E-state index is 13.2. The first-order valence-corrected chi connectivity index (χ1v) is 14.5. The van der Waals surface area contributed by atoms with E-state index in [1.807, 2.05) is 84.8 Å². The largest absolute Gasteiger partial charge is 0.853 e. The van der Waals surface area contributed by atoms with Crippen molar-refractivity contribution in [1.82, 2.24) is 9.13 Å². The Morgan fingerprint density at radius 2 is 1.07 bits per heavy atom. The Balaban J connectivity index is 1.67. The molecule has 0 fully saturated rings. The SMILES string of the molecule is CCc1cc(Cc2cc(C)c(N=C([O-])c3n(CC)cc[n+]3C)c(CC)c2)cc(C)c1N=C([O-])c1n(CC)cc[n+]1C. The molecule has 0 saturated heterocycles. The zero-order chi connectivity index (χ0) is 29.8. The maximum atomic E-state index is 13.2. The molecule has 8 nitrogen and oxygen atoms in total. The van der Waals surface area contributed by atoms with Crippen LogP contribution in [0.15, 0.2) is 59.0 Å². The quantitative estimate of drug-likeness (QED) is 0.171. The molecule has 216 valence electrons. The van der Waals surface area contributed by atoms with Gasteiger partial charge in [-0.3, -0.25) is 9.98 Å². The van der Waals surface area contributed by atoms with Crippen LogP contribution >= 0.6 is 0 Å². The third-order valence-corrected chi connectivity index (χ3v) is 7.69. The van der Waals surface area contributed by atoms with Gasteiger partial charge >= 0.3 is 0 Å². The Morgan fingerprint density at radius 1 is 0.683 bits per heavy atom. The molecule has 0 atom stereocenters. The van der Waals surface area contributed by atoms with Crippen LogP contribution in [0.3, 0.4) is 0 Å². The van der Waals surface area contributed by atoms with Crippen molar-refractivity contribution < 1.29 is 19.3 Å². The van der Waals surface area contributed by atoms with Crippen LogP contribution in [-0.4, -0.2) is 20.9 Å². The molecular formula is C33H42N6O2. The van der Waals surface area contributed by atoms with Gasteiger partial charge in [-0.1, -0.05) is 38.1 Å². The molecule has 2 aromatic heterocycles. The molecule has 0 radical (unpaired) electrons. The summed E-state index contributed by atoms with van der Waals surface area (Å²) in [5, 5.41) is 26.3. The summed E-state index contributed by atoms with van der Waals surface area (Å²) in [6.07, 6.45) is 9.87. The highest BCUT2D eigenvalue weighted by Crippen LogP contribution is 2.31. The molecule has 4 aromatic rings. The van der Waals surface area contributed by atoms with Crippen molar-refractivity contribution in [3.05, 3.63) is 94.1 Å². The van der Waals surface area contributed by atoms with Crippen molar-refractivity contribution in [3.63, 3.8) is 0 Å². The van der Waals surface area contributed by atoms with Crippen LogP contribution in [0.1, 0.15) is 72.7 Å². The number of imidazole rings is 2. The van der Waals surface area contributed by atoms with Crippen LogP contribution in [0.25, 0.3) is 0 Å². The smallest absolute Gasteiger partial charge is 0.292 e. The second-order valence-electron chi connectivity index (χ2n) is 10.6. The molecule has 0 spiro atoms. The average Bonchev–Trinajstić information content (AvgIpc) is 3.52. The van der Waals surface area contributed by atoms with Crippen LogP contribution in [0.5, 0.6) is 0 Å². The lowest BCUT2D eigenvalue weighted by molar-refractivity contribution is -0.674. The summed E-state index contributed by atoms with van der Waals surface area (Å²) in [7, 11) is 3.74. The Labute approximate surface area is 243 Å². The predicted molar refractivity (Wildman–Crippen MR) is 159 cm³/mol. The lowest BCUT2D eigenvalue weighted by Crippen LogP contribution is -2.40. The third-order valence-electron chi connectivity index (χ3n) is 7.69. The van der Waals surface area contributed by atoms with E-state index in [0.717, 1.165) is 52.9 Å². The van der Waals surface area contributed by atoms with E-state index in [-0.39, 0.29) is 11.8 Å². The molecule has 0 N–H and O–H groups in total.